The second kappa shape index (κ2) is 9.42. The molecule has 1 atom stereocenters. The second-order valence-corrected chi connectivity index (χ2v) is 8.96. The number of nitrogens with one attached hydrogen (secondary N) is 1. The fourth-order valence-electron chi connectivity index (χ4n) is 4.48. The first kappa shape index (κ1) is 23.5. The molecule has 186 valence electrons. The second-order valence-electron chi connectivity index (χ2n) is 8.96. The zero-order valence-corrected chi connectivity index (χ0v) is 20.0. The molecule has 1 fully saturated rings. The minimum Gasteiger partial charge on any atom is -0.481 e. The standard InChI is InChI=1S/C25H27N7O4/c1-30-10-9-17(29-30)16-4-3-5-18(26-16)25(36)28-20-12-21-19(13-22(20)32-11-8-15(33)14-32)27-23(31(21)2)6-7-24(34)35/h3-5,9-10,12-13,15,33H,6-8,11,14H2,1-2H3,(H,28,36)(H,34,35)/t15-/m1/s1. The molecule has 0 unspecified atom stereocenters. The van der Waals surface area contributed by atoms with Crippen LogP contribution in [0.3, 0.4) is 0 Å². The third-order valence-electron chi connectivity index (χ3n) is 6.36. The highest BCUT2D eigenvalue weighted by atomic mass is 16.4. The number of benzene rings is 1. The molecule has 4 heterocycles. The Balaban J connectivity index is 1.50. The summed E-state index contributed by atoms with van der Waals surface area (Å²) >= 11 is 0. The first-order valence-electron chi connectivity index (χ1n) is 11.7. The van der Waals surface area contributed by atoms with Gasteiger partial charge in [-0.3, -0.25) is 14.3 Å². The number of anilines is 2. The molecule has 0 aliphatic carbocycles. The van der Waals surface area contributed by atoms with Gasteiger partial charge in [0.2, 0.25) is 0 Å². The summed E-state index contributed by atoms with van der Waals surface area (Å²) in [7, 11) is 3.65. The quantitative estimate of drug-likeness (QED) is 0.359. The first-order chi connectivity index (χ1) is 17.3. The van der Waals surface area contributed by atoms with Crippen molar-refractivity contribution in [1.29, 1.82) is 0 Å². The lowest BCUT2D eigenvalue weighted by Crippen LogP contribution is -2.24. The number of aliphatic hydroxyl groups is 1. The van der Waals surface area contributed by atoms with Crippen LogP contribution in [-0.2, 0) is 25.3 Å². The number of pyridine rings is 1. The van der Waals surface area contributed by atoms with Crippen LogP contribution in [0.15, 0.2) is 42.6 Å². The summed E-state index contributed by atoms with van der Waals surface area (Å²) < 4.78 is 3.52. The maximum atomic E-state index is 13.3. The van der Waals surface area contributed by atoms with Gasteiger partial charge in [0.05, 0.1) is 40.6 Å². The van der Waals surface area contributed by atoms with Gasteiger partial charge in [0.25, 0.3) is 5.91 Å². The highest BCUT2D eigenvalue weighted by Gasteiger charge is 2.25. The SMILES string of the molecule is Cn1ccc(-c2cccc(C(=O)Nc3cc4c(cc3N3CC[C@@H](O)C3)nc(CCC(=O)O)n4C)n2)n1. The van der Waals surface area contributed by atoms with Gasteiger partial charge in [0.15, 0.2) is 0 Å². The highest BCUT2D eigenvalue weighted by Crippen LogP contribution is 2.34. The lowest BCUT2D eigenvalue weighted by atomic mass is 10.2. The Morgan fingerprint density at radius 1 is 1.14 bits per heavy atom. The predicted molar refractivity (Wildman–Crippen MR) is 134 cm³/mol. The Labute approximate surface area is 207 Å². The molecule has 4 aromatic rings. The predicted octanol–water partition coefficient (Wildman–Crippen LogP) is 2.21. The van der Waals surface area contributed by atoms with Crippen LogP contribution in [0.4, 0.5) is 11.4 Å². The number of rotatable bonds is 7. The summed E-state index contributed by atoms with van der Waals surface area (Å²) in [5.74, 6) is -0.614. The number of β-amino-alcohol motifs (C(OH)–C–C–N with tert-alkyl or cyclic N) is 1. The van der Waals surface area contributed by atoms with Gasteiger partial charge >= 0.3 is 5.97 Å². The average molecular weight is 490 g/mol. The molecule has 3 N–H and O–H groups in total. The van der Waals surface area contributed by atoms with Crippen molar-refractivity contribution in [2.45, 2.75) is 25.4 Å². The first-order valence-corrected chi connectivity index (χ1v) is 11.7. The molecule has 11 nitrogen and oxygen atoms in total. The highest BCUT2D eigenvalue weighted by molar-refractivity contribution is 6.06. The van der Waals surface area contributed by atoms with Crippen molar-refractivity contribution >= 4 is 34.3 Å². The van der Waals surface area contributed by atoms with E-state index < -0.39 is 12.1 Å². The number of aliphatic hydroxyl groups excluding tert-OH is 1. The van der Waals surface area contributed by atoms with Gasteiger partial charge in [0.1, 0.15) is 17.2 Å². The molecule has 1 aliphatic rings. The van der Waals surface area contributed by atoms with Gasteiger partial charge in [0, 0.05) is 39.8 Å². The number of imidazole rings is 1. The summed E-state index contributed by atoms with van der Waals surface area (Å²) in [4.78, 5) is 35.5. The van der Waals surface area contributed by atoms with Crippen LogP contribution in [0.2, 0.25) is 0 Å². The summed E-state index contributed by atoms with van der Waals surface area (Å²) in [6.45, 7) is 1.09. The topological polar surface area (TPSA) is 138 Å². The number of hydrogen-bond acceptors (Lipinski definition) is 7. The molecule has 1 aliphatic heterocycles. The van der Waals surface area contributed by atoms with Crippen molar-refractivity contribution in [2.75, 3.05) is 23.3 Å². The number of aryl methyl sites for hydroxylation is 3. The number of carbonyl (C=O) groups is 2. The van der Waals surface area contributed by atoms with Gasteiger partial charge in [-0.25, -0.2) is 9.97 Å². The smallest absolute Gasteiger partial charge is 0.303 e. The molecule has 1 saturated heterocycles. The Hall–Kier alpha value is -4.25. The minimum atomic E-state index is -0.887. The number of hydrogen-bond donors (Lipinski definition) is 3. The molecular weight excluding hydrogens is 462 g/mol. The summed E-state index contributed by atoms with van der Waals surface area (Å²) in [6, 6.07) is 10.8. The zero-order chi connectivity index (χ0) is 25.4. The van der Waals surface area contributed by atoms with Crippen LogP contribution in [-0.4, -0.2) is 65.6 Å². The van der Waals surface area contributed by atoms with E-state index in [-0.39, 0.29) is 18.0 Å². The third-order valence-corrected chi connectivity index (χ3v) is 6.36. The van der Waals surface area contributed by atoms with Crippen LogP contribution >= 0.6 is 0 Å². The number of carbonyl (C=O) groups excluding carboxylic acids is 1. The largest absolute Gasteiger partial charge is 0.481 e. The van der Waals surface area contributed by atoms with Crippen LogP contribution in [0.25, 0.3) is 22.4 Å². The molecule has 0 radical (unpaired) electrons. The number of carboxylic acids is 1. The Morgan fingerprint density at radius 3 is 2.67 bits per heavy atom. The average Bonchev–Trinajstić information content (AvgIpc) is 3.56. The normalized spacial score (nSPS) is 15.5. The molecule has 0 spiro atoms. The maximum Gasteiger partial charge on any atom is 0.303 e. The van der Waals surface area contributed by atoms with Crippen molar-refractivity contribution in [2.24, 2.45) is 14.1 Å². The van der Waals surface area contributed by atoms with Crippen molar-refractivity contribution < 1.29 is 19.8 Å². The molecule has 0 saturated carbocycles. The van der Waals surface area contributed by atoms with E-state index in [4.69, 9.17) is 5.11 Å². The van der Waals surface area contributed by atoms with E-state index in [1.165, 1.54) is 0 Å². The van der Waals surface area contributed by atoms with Crippen molar-refractivity contribution in [1.82, 2.24) is 24.3 Å². The number of aliphatic carboxylic acids is 1. The van der Waals surface area contributed by atoms with Crippen LogP contribution in [0.5, 0.6) is 0 Å². The Kier molecular flexibility index (Phi) is 6.15. The summed E-state index contributed by atoms with van der Waals surface area (Å²) in [5, 5.41) is 26.5. The number of amides is 1. The van der Waals surface area contributed by atoms with Crippen molar-refractivity contribution in [3.63, 3.8) is 0 Å². The number of aromatic nitrogens is 5. The zero-order valence-electron chi connectivity index (χ0n) is 20.0. The fourth-order valence-corrected chi connectivity index (χ4v) is 4.48. The Morgan fingerprint density at radius 2 is 1.97 bits per heavy atom. The molecule has 0 bridgehead atoms. The molecular formula is C25H27N7O4. The maximum absolute atomic E-state index is 13.3. The molecule has 1 amide bonds. The van der Waals surface area contributed by atoms with Gasteiger partial charge < -0.3 is 25.0 Å². The number of carboxylic acid groups (broad SMARTS) is 1. The van der Waals surface area contributed by atoms with E-state index in [9.17, 15) is 14.7 Å². The van der Waals surface area contributed by atoms with Gasteiger partial charge in [-0.15, -0.1) is 0 Å². The van der Waals surface area contributed by atoms with Crippen molar-refractivity contribution in [3.8, 4) is 11.4 Å². The van der Waals surface area contributed by atoms with E-state index >= 15 is 0 Å². The Bertz CT molecular complexity index is 1460. The third kappa shape index (κ3) is 4.65. The fraction of sp³-hybridized carbons (Fsp3) is 0.320. The summed E-state index contributed by atoms with van der Waals surface area (Å²) in [5.41, 5.74) is 4.29. The summed E-state index contributed by atoms with van der Waals surface area (Å²) in [6.07, 6.45) is 2.27. The van der Waals surface area contributed by atoms with Gasteiger partial charge in [-0.2, -0.15) is 5.10 Å². The van der Waals surface area contributed by atoms with E-state index in [0.717, 1.165) is 11.2 Å². The van der Waals surface area contributed by atoms with E-state index in [0.29, 0.717) is 54.3 Å². The van der Waals surface area contributed by atoms with E-state index in [2.05, 4.69) is 20.4 Å². The van der Waals surface area contributed by atoms with E-state index in [1.54, 1.807) is 22.9 Å². The van der Waals surface area contributed by atoms with E-state index in [1.807, 2.05) is 48.0 Å². The molecule has 1 aromatic carbocycles. The number of fused-ring (bicyclic) bond motifs is 1. The van der Waals surface area contributed by atoms with Crippen LogP contribution in [0, 0.1) is 0 Å². The molecule has 36 heavy (non-hydrogen) atoms. The van der Waals surface area contributed by atoms with Crippen molar-refractivity contribution in [3.05, 3.63) is 54.1 Å². The van der Waals surface area contributed by atoms with Crippen LogP contribution < -0.4 is 10.2 Å². The van der Waals surface area contributed by atoms with Gasteiger partial charge in [-0.1, -0.05) is 6.07 Å². The lowest BCUT2D eigenvalue weighted by Gasteiger charge is -2.22. The lowest BCUT2D eigenvalue weighted by molar-refractivity contribution is -0.137. The molecule has 5 rings (SSSR count). The number of nitrogens with zero attached hydrogens (tertiary/aromatic N) is 6. The monoisotopic (exact) mass is 489 g/mol. The van der Waals surface area contributed by atoms with Gasteiger partial charge in [-0.05, 0) is 36.8 Å². The molecule has 3 aromatic heterocycles. The molecule has 11 heteroatoms. The van der Waals surface area contributed by atoms with Crippen LogP contribution in [0.1, 0.15) is 29.2 Å². The minimum absolute atomic E-state index is 0.0236.